The molecule has 7 nitrogen and oxygen atoms in total. The maximum Gasteiger partial charge on any atom is 0.258 e. The predicted octanol–water partition coefficient (Wildman–Crippen LogP) is 5.25. The molecule has 1 amide bonds. The Balaban J connectivity index is 1.31. The van der Waals surface area contributed by atoms with Crippen LogP contribution in [0.4, 0.5) is 20.4 Å². The summed E-state index contributed by atoms with van der Waals surface area (Å²) >= 11 is 0. The SMILES string of the molecule is O=C(NC(=NC1CCC(Nc2ncccn2)CC1)Nc1ccccc1C1CC1)c1ccc(F)c(F)c1. The Bertz CT molecular complexity index is 1240. The first-order valence-electron chi connectivity index (χ1n) is 12.3. The lowest BCUT2D eigenvalue weighted by atomic mass is 9.91. The van der Waals surface area contributed by atoms with Crippen molar-refractivity contribution >= 4 is 23.5 Å². The zero-order valence-electron chi connectivity index (χ0n) is 19.8. The van der Waals surface area contributed by atoms with E-state index in [9.17, 15) is 13.6 Å². The van der Waals surface area contributed by atoms with Crippen LogP contribution in [0.3, 0.4) is 0 Å². The van der Waals surface area contributed by atoms with E-state index in [0.717, 1.165) is 56.3 Å². The van der Waals surface area contributed by atoms with Crippen molar-refractivity contribution < 1.29 is 13.6 Å². The number of rotatable bonds is 6. The van der Waals surface area contributed by atoms with Gasteiger partial charge >= 0.3 is 0 Å². The van der Waals surface area contributed by atoms with Crippen molar-refractivity contribution in [2.24, 2.45) is 4.99 Å². The average Bonchev–Trinajstić information content (AvgIpc) is 3.73. The van der Waals surface area contributed by atoms with E-state index in [4.69, 9.17) is 4.99 Å². The smallest absolute Gasteiger partial charge is 0.258 e. The fraction of sp³-hybridized carbons (Fsp3) is 0.333. The van der Waals surface area contributed by atoms with Crippen LogP contribution in [0.1, 0.15) is 60.4 Å². The van der Waals surface area contributed by atoms with Crippen LogP contribution in [-0.2, 0) is 0 Å². The molecule has 0 aliphatic heterocycles. The number of nitrogens with one attached hydrogen (secondary N) is 3. The Morgan fingerprint density at radius 3 is 2.36 bits per heavy atom. The number of halogens is 2. The monoisotopic (exact) mass is 490 g/mol. The largest absolute Gasteiger partial charge is 0.351 e. The summed E-state index contributed by atoms with van der Waals surface area (Å²) in [7, 11) is 0. The topological polar surface area (TPSA) is 91.3 Å². The van der Waals surface area contributed by atoms with Crippen LogP contribution >= 0.6 is 0 Å². The highest BCUT2D eigenvalue weighted by Gasteiger charge is 2.27. The molecule has 186 valence electrons. The standard InChI is InChI=1S/C27H28F2N6O/c28-22-13-8-18(16-23(22)29)25(36)35-27(34-24-5-2-1-4-21(24)17-6-7-17)33-20-11-9-19(10-12-20)32-26-30-14-3-15-31-26/h1-5,8,13-17,19-20H,6-7,9-12H2,(H,30,31,32)(H2,33,34,35,36). The van der Waals surface area contributed by atoms with Gasteiger partial charge in [0.1, 0.15) is 0 Å². The Morgan fingerprint density at radius 2 is 1.64 bits per heavy atom. The lowest BCUT2D eigenvalue weighted by Gasteiger charge is -2.27. The van der Waals surface area contributed by atoms with Crippen molar-refractivity contribution in [3.05, 3.63) is 83.7 Å². The molecular formula is C27H28F2N6O. The van der Waals surface area contributed by atoms with Crippen molar-refractivity contribution in [2.45, 2.75) is 56.5 Å². The number of anilines is 2. The molecule has 0 bridgehead atoms. The quantitative estimate of drug-likeness (QED) is 0.324. The van der Waals surface area contributed by atoms with Gasteiger partial charge in [0.2, 0.25) is 11.9 Å². The van der Waals surface area contributed by atoms with Gasteiger partial charge in [0.15, 0.2) is 11.6 Å². The third-order valence-electron chi connectivity index (χ3n) is 6.55. The van der Waals surface area contributed by atoms with Crippen LogP contribution in [0, 0.1) is 11.6 Å². The summed E-state index contributed by atoms with van der Waals surface area (Å²) < 4.78 is 27.1. The van der Waals surface area contributed by atoms with E-state index in [0.29, 0.717) is 17.8 Å². The van der Waals surface area contributed by atoms with Gasteiger partial charge in [-0.25, -0.2) is 23.7 Å². The van der Waals surface area contributed by atoms with Gasteiger partial charge in [0.05, 0.1) is 6.04 Å². The molecule has 9 heteroatoms. The Hall–Kier alpha value is -3.88. The van der Waals surface area contributed by atoms with Gasteiger partial charge in [-0.15, -0.1) is 0 Å². The minimum Gasteiger partial charge on any atom is -0.351 e. The summed E-state index contributed by atoms with van der Waals surface area (Å²) in [6.45, 7) is 0. The van der Waals surface area contributed by atoms with Crippen LogP contribution in [-0.4, -0.2) is 33.9 Å². The van der Waals surface area contributed by atoms with E-state index in [1.807, 2.05) is 18.2 Å². The molecule has 2 aliphatic rings. The zero-order chi connectivity index (χ0) is 24.9. The Labute approximate surface area is 208 Å². The molecule has 0 atom stereocenters. The number of amides is 1. The van der Waals surface area contributed by atoms with Crippen molar-refractivity contribution in [3.63, 3.8) is 0 Å². The fourth-order valence-corrected chi connectivity index (χ4v) is 4.49. The van der Waals surface area contributed by atoms with Crippen molar-refractivity contribution in [2.75, 3.05) is 10.6 Å². The van der Waals surface area contributed by atoms with E-state index >= 15 is 0 Å². The summed E-state index contributed by atoms with van der Waals surface area (Å²) in [5.74, 6) is -1.20. The normalized spacial score (nSPS) is 20.0. The van der Waals surface area contributed by atoms with Crippen LogP contribution in [0.2, 0.25) is 0 Å². The van der Waals surface area contributed by atoms with Gasteiger partial charge < -0.3 is 10.6 Å². The van der Waals surface area contributed by atoms with Crippen LogP contribution < -0.4 is 16.0 Å². The molecule has 1 aromatic heterocycles. The van der Waals surface area contributed by atoms with Crippen LogP contribution in [0.5, 0.6) is 0 Å². The maximum absolute atomic E-state index is 13.7. The first kappa shape index (κ1) is 23.8. The van der Waals surface area contributed by atoms with Crippen LogP contribution in [0.15, 0.2) is 65.9 Å². The highest BCUT2D eigenvalue weighted by molar-refractivity contribution is 6.10. The van der Waals surface area contributed by atoms with Gasteiger partial charge in [-0.05, 0) is 80.3 Å². The number of nitrogens with zero attached hydrogens (tertiary/aromatic N) is 3. The summed E-state index contributed by atoms with van der Waals surface area (Å²) in [5.41, 5.74) is 2.10. The molecule has 0 saturated heterocycles. The van der Waals surface area contributed by atoms with Gasteiger partial charge in [-0.2, -0.15) is 0 Å². The van der Waals surface area contributed by atoms with Gasteiger partial charge in [0, 0.05) is 29.7 Å². The lowest BCUT2D eigenvalue weighted by Crippen LogP contribution is -2.38. The molecule has 0 spiro atoms. The summed E-state index contributed by atoms with van der Waals surface area (Å²) in [4.78, 5) is 26.2. The molecule has 3 N–H and O–H groups in total. The minimum atomic E-state index is -1.07. The second-order valence-corrected chi connectivity index (χ2v) is 9.27. The number of benzene rings is 2. The number of hydrogen-bond donors (Lipinski definition) is 3. The molecular weight excluding hydrogens is 462 g/mol. The highest BCUT2D eigenvalue weighted by Crippen LogP contribution is 2.43. The summed E-state index contributed by atoms with van der Waals surface area (Å²) in [5, 5.41) is 9.46. The van der Waals surface area contributed by atoms with Crippen LogP contribution in [0.25, 0.3) is 0 Å². The van der Waals surface area contributed by atoms with Crippen molar-refractivity contribution in [1.82, 2.24) is 15.3 Å². The maximum atomic E-state index is 13.7. The first-order chi connectivity index (χ1) is 17.5. The fourth-order valence-electron chi connectivity index (χ4n) is 4.49. The molecule has 2 saturated carbocycles. The first-order valence-corrected chi connectivity index (χ1v) is 12.3. The molecule has 36 heavy (non-hydrogen) atoms. The molecule has 3 aromatic rings. The highest BCUT2D eigenvalue weighted by atomic mass is 19.2. The Kier molecular flexibility index (Phi) is 7.16. The van der Waals surface area contributed by atoms with E-state index in [2.05, 4.69) is 32.0 Å². The second-order valence-electron chi connectivity index (χ2n) is 9.27. The minimum absolute atomic E-state index is 0.000540. The molecule has 0 radical (unpaired) electrons. The van der Waals surface area contributed by atoms with E-state index < -0.39 is 17.5 Å². The Morgan fingerprint density at radius 1 is 0.889 bits per heavy atom. The number of carbonyl (C=O) groups excluding carboxylic acids is 1. The molecule has 1 heterocycles. The van der Waals surface area contributed by atoms with Crippen molar-refractivity contribution in [3.8, 4) is 0 Å². The number of aliphatic imine (C=N–C) groups is 1. The predicted molar refractivity (Wildman–Crippen MR) is 135 cm³/mol. The number of carbonyl (C=O) groups is 1. The number of hydrogen-bond acceptors (Lipinski definition) is 5. The van der Waals surface area contributed by atoms with Gasteiger partial charge in [-0.3, -0.25) is 10.1 Å². The third-order valence-corrected chi connectivity index (χ3v) is 6.55. The number of guanidine groups is 1. The second kappa shape index (κ2) is 10.8. The van der Waals surface area contributed by atoms with E-state index in [1.54, 1.807) is 18.5 Å². The summed E-state index contributed by atoms with van der Waals surface area (Å²) in [6.07, 6.45) is 9.09. The third kappa shape index (κ3) is 6.02. The number of aromatic nitrogens is 2. The van der Waals surface area contributed by atoms with Gasteiger partial charge in [-0.1, -0.05) is 18.2 Å². The molecule has 2 aliphatic carbocycles. The number of para-hydroxylation sites is 1. The lowest BCUT2D eigenvalue weighted by molar-refractivity contribution is 0.0976. The molecule has 5 rings (SSSR count). The van der Waals surface area contributed by atoms with E-state index in [1.165, 1.54) is 11.6 Å². The van der Waals surface area contributed by atoms with E-state index in [-0.39, 0.29) is 17.6 Å². The molecule has 2 fully saturated rings. The molecule has 0 unspecified atom stereocenters. The summed E-state index contributed by atoms with van der Waals surface area (Å²) in [6, 6.07) is 13.1. The molecule has 2 aromatic carbocycles. The average molecular weight is 491 g/mol. The van der Waals surface area contributed by atoms with Crippen molar-refractivity contribution in [1.29, 1.82) is 0 Å². The van der Waals surface area contributed by atoms with Gasteiger partial charge in [0.25, 0.3) is 5.91 Å². The zero-order valence-corrected chi connectivity index (χ0v) is 19.8.